The maximum absolute atomic E-state index is 8.44. The van der Waals surface area contributed by atoms with Gasteiger partial charge in [0.05, 0.1) is 0 Å². The van der Waals surface area contributed by atoms with Crippen molar-refractivity contribution in [2.45, 2.75) is 0 Å². The summed E-state index contributed by atoms with van der Waals surface area (Å²) in [6.45, 7) is 0. The summed E-state index contributed by atoms with van der Waals surface area (Å²) in [7, 11) is 0. The molecule has 0 unspecified atom stereocenters. The van der Waals surface area contributed by atoms with Gasteiger partial charge in [0, 0.05) is 0 Å². The Balaban J connectivity index is -0.00000000450. The molecule has 0 aromatic heterocycles. The van der Waals surface area contributed by atoms with Crippen LogP contribution in [0.3, 0.4) is 0 Å². The fraction of sp³-hybridized carbons (Fsp3) is 0. The van der Waals surface area contributed by atoms with Gasteiger partial charge < -0.3 is 39.8 Å². The fourth-order valence-corrected chi connectivity index (χ4v) is 0. The topological polar surface area (TPSA) is 60.4 Å². The molecule has 0 rings (SSSR count). The molecule has 40 valence electrons. The van der Waals surface area contributed by atoms with Crippen LogP contribution in [0.4, 0.5) is 4.79 Å². The van der Waals surface area contributed by atoms with E-state index in [0.29, 0.717) is 0 Å². The molecule has 9 heavy (non-hydrogen) atoms. The van der Waals surface area contributed by atoms with Crippen molar-refractivity contribution in [1.29, 1.82) is 0 Å². The molecule has 0 spiro atoms. The van der Waals surface area contributed by atoms with E-state index < -0.39 is 6.16 Å². The van der Waals surface area contributed by atoms with E-state index in [1.807, 2.05) is 0 Å². The minimum atomic E-state index is -2.08. The van der Waals surface area contributed by atoms with Crippen LogP contribution >= 0.6 is 0 Å². The second kappa shape index (κ2) is 30.8. The standard InChI is InChI=1S/CH2O3.2ClH.3Na/c2-1(3)4;;;;;/h(H2,2,3,4);2*1H;;;/q;;;3*+1/p-3. The van der Waals surface area contributed by atoms with Gasteiger partial charge in [-0.3, -0.25) is 0 Å². The first kappa shape index (κ1) is 40.8. The minimum absolute atomic E-state index is 0. The Morgan fingerprint density at radius 1 is 1.11 bits per heavy atom. The zero-order chi connectivity index (χ0) is 3.58. The zero-order valence-electron chi connectivity index (χ0n) is 5.52. The summed E-state index contributed by atoms with van der Waals surface area (Å²) in [4.78, 5) is 8.44. The van der Waals surface area contributed by atoms with E-state index in [-0.39, 0.29) is 113 Å². The molecule has 0 aliphatic carbocycles. The van der Waals surface area contributed by atoms with E-state index in [9.17, 15) is 0 Å². The number of halogens is 2. The first-order chi connectivity index (χ1) is 1.73. The molecule has 0 aromatic carbocycles. The smallest absolute Gasteiger partial charge is 1.00 e. The molecule has 0 atom stereocenters. The molecule has 0 bridgehead atoms. The van der Waals surface area contributed by atoms with Crippen molar-refractivity contribution < 1.29 is 128 Å². The second-order valence-corrected chi connectivity index (χ2v) is 0.266. The summed E-state index contributed by atoms with van der Waals surface area (Å²) in [5, 5.41) is 15.3. The zero-order valence-corrected chi connectivity index (χ0v) is 13.0. The van der Waals surface area contributed by atoms with E-state index in [4.69, 9.17) is 15.0 Å². The molecule has 0 aliphatic heterocycles. The van der Waals surface area contributed by atoms with Crippen LogP contribution in [0.1, 0.15) is 0 Å². The van der Waals surface area contributed by atoms with Gasteiger partial charge in [-0.05, 0) is 0 Å². The molecule has 8 heteroatoms. The Hall–Kier alpha value is 2.85. The molecule has 0 radical (unpaired) electrons. The Morgan fingerprint density at radius 3 is 1.11 bits per heavy atom. The van der Waals surface area contributed by atoms with E-state index in [1.165, 1.54) is 0 Å². The van der Waals surface area contributed by atoms with Gasteiger partial charge in [0.25, 0.3) is 0 Å². The predicted octanol–water partition coefficient (Wildman–Crippen LogP) is -16.1. The van der Waals surface area contributed by atoms with Gasteiger partial charge in [-0.2, -0.15) is 0 Å². The third kappa shape index (κ3) is 105. The maximum atomic E-state index is 8.44. The first-order valence-corrected chi connectivity index (χ1v) is 0.632. The van der Waals surface area contributed by atoms with Crippen molar-refractivity contribution in [2.75, 3.05) is 0 Å². The molecule has 0 saturated heterocycles. The van der Waals surface area contributed by atoms with E-state index in [0.717, 1.165) is 0 Å². The van der Waals surface area contributed by atoms with Gasteiger partial charge >= 0.3 is 88.7 Å². The van der Waals surface area contributed by atoms with Crippen LogP contribution < -0.4 is 119 Å². The van der Waals surface area contributed by atoms with Crippen LogP contribution in [-0.2, 0) is 0 Å². The summed E-state index contributed by atoms with van der Waals surface area (Å²) in [6.07, 6.45) is -2.08. The molecule has 0 aliphatic rings. The van der Waals surface area contributed by atoms with Crippen molar-refractivity contribution in [3.8, 4) is 0 Å². The maximum Gasteiger partial charge on any atom is 1.00 e. The Bertz CT molecular complexity index is 40.0. The Kier molecular flexibility index (Phi) is 139. The van der Waals surface area contributed by atoms with Crippen molar-refractivity contribution in [1.82, 2.24) is 0 Å². The summed E-state index contributed by atoms with van der Waals surface area (Å²) < 4.78 is 0. The van der Waals surface area contributed by atoms with Gasteiger partial charge in [0.2, 0.25) is 6.16 Å². The quantitative estimate of drug-likeness (QED) is 0.396. The second-order valence-electron chi connectivity index (χ2n) is 0.266. The van der Waals surface area contributed by atoms with E-state index in [1.54, 1.807) is 0 Å². The van der Waals surface area contributed by atoms with E-state index in [2.05, 4.69) is 0 Å². The Labute approximate surface area is 132 Å². The molecule has 0 saturated carbocycles. The van der Waals surface area contributed by atoms with Gasteiger partial charge in [0.1, 0.15) is 0 Å². The molecule has 0 heterocycles. The van der Waals surface area contributed by atoms with Crippen molar-refractivity contribution in [3.05, 3.63) is 0 Å². The van der Waals surface area contributed by atoms with Gasteiger partial charge in [-0.1, -0.05) is 0 Å². The average molecular weight is 201 g/mol. The monoisotopic (exact) mass is 200 g/mol. The normalized spacial score (nSPS) is 2.67. The number of hydrogen-bond acceptors (Lipinski definition) is 2. The van der Waals surface area contributed by atoms with Crippen LogP contribution in [0.25, 0.3) is 0 Å². The van der Waals surface area contributed by atoms with Crippen LogP contribution in [-0.4, -0.2) is 11.3 Å². The third-order valence-electron chi connectivity index (χ3n) is 0. The van der Waals surface area contributed by atoms with Gasteiger partial charge in [-0.15, -0.1) is 0 Å². The van der Waals surface area contributed by atoms with Gasteiger partial charge in [-0.25, -0.2) is 0 Å². The number of carboxylic acid groups (broad SMARTS) is 2. The largest absolute Gasteiger partial charge is 1.00 e. The van der Waals surface area contributed by atoms with Crippen molar-refractivity contribution in [2.24, 2.45) is 0 Å². The number of carbonyl (C=O) groups is 1. The number of rotatable bonds is 0. The van der Waals surface area contributed by atoms with E-state index >= 15 is 0 Å². The minimum Gasteiger partial charge on any atom is -1.00 e. The van der Waals surface area contributed by atoms with Crippen LogP contribution in [0.5, 0.6) is 0 Å². The van der Waals surface area contributed by atoms with Crippen LogP contribution in [0.2, 0.25) is 0 Å². The molecule has 0 fully saturated rings. The average Bonchev–Trinajstić information content (AvgIpc) is 0.811. The van der Waals surface area contributed by atoms with Gasteiger partial charge in [0.15, 0.2) is 0 Å². The predicted molar refractivity (Wildman–Crippen MR) is 8.02 cm³/mol. The van der Waals surface area contributed by atoms with Crippen LogP contribution in [0.15, 0.2) is 0 Å². The SMILES string of the molecule is O=C([O-])O.[Cl-].[Cl-].[Na+].[Na+].[Na+]. The Morgan fingerprint density at radius 2 is 1.11 bits per heavy atom. The van der Waals surface area contributed by atoms with Crippen LogP contribution in [0, 0.1) is 0 Å². The third-order valence-corrected chi connectivity index (χ3v) is 0. The molecule has 0 amide bonds. The summed E-state index contributed by atoms with van der Waals surface area (Å²) in [5.74, 6) is 0. The number of hydrogen-bond donors (Lipinski definition) is 1. The molecule has 0 aromatic rings. The van der Waals surface area contributed by atoms with Crippen molar-refractivity contribution >= 4 is 6.16 Å². The molecular formula is CHCl2Na3O3. The molecule has 3 nitrogen and oxygen atoms in total. The van der Waals surface area contributed by atoms with Crippen molar-refractivity contribution in [3.63, 3.8) is 0 Å². The molecule has 1 N–H and O–H groups in total. The molecular weight excluding hydrogens is 200 g/mol. The summed E-state index contributed by atoms with van der Waals surface area (Å²) in [5.41, 5.74) is 0. The fourth-order valence-electron chi connectivity index (χ4n) is 0. The summed E-state index contributed by atoms with van der Waals surface area (Å²) >= 11 is 0. The summed E-state index contributed by atoms with van der Waals surface area (Å²) in [6, 6.07) is 0. The first-order valence-electron chi connectivity index (χ1n) is 0.632.